The van der Waals surface area contributed by atoms with Crippen LogP contribution >= 0.6 is 12.4 Å². The first-order valence-corrected chi connectivity index (χ1v) is 5.93. The first-order valence-electron chi connectivity index (χ1n) is 5.93. The van der Waals surface area contributed by atoms with E-state index in [4.69, 9.17) is 5.73 Å². The van der Waals surface area contributed by atoms with Crippen LogP contribution in [0, 0.1) is 0 Å². The average Bonchev–Trinajstić information content (AvgIpc) is 2.45. The molecule has 1 aromatic carbocycles. The molecule has 2 N–H and O–H groups in total. The molecule has 0 radical (unpaired) electrons. The van der Waals surface area contributed by atoms with Crippen molar-refractivity contribution < 1.29 is 17.9 Å². The third-order valence-corrected chi connectivity index (χ3v) is 2.61. The van der Waals surface area contributed by atoms with E-state index in [-0.39, 0.29) is 18.2 Å². The molecule has 2 rings (SSSR count). The second kappa shape index (κ2) is 7.28. The third kappa shape index (κ3) is 5.24. The van der Waals surface area contributed by atoms with Crippen LogP contribution in [0.25, 0.3) is 11.3 Å². The van der Waals surface area contributed by atoms with Crippen LogP contribution in [0.1, 0.15) is 5.56 Å². The van der Waals surface area contributed by atoms with Crippen LogP contribution in [0.15, 0.2) is 42.6 Å². The highest BCUT2D eigenvalue weighted by Gasteiger charge is 2.28. The summed E-state index contributed by atoms with van der Waals surface area (Å²) in [5.41, 5.74) is 7.99. The van der Waals surface area contributed by atoms with Gasteiger partial charge in [-0.05, 0) is 42.0 Å². The van der Waals surface area contributed by atoms with Crippen molar-refractivity contribution in [2.75, 3.05) is 6.61 Å². The lowest BCUT2D eigenvalue weighted by atomic mass is 10.1. The van der Waals surface area contributed by atoms with Crippen molar-refractivity contribution in [3.05, 3.63) is 48.2 Å². The molecule has 0 aliphatic heterocycles. The maximum absolute atomic E-state index is 12.0. The second-order valence-electron chi connectivity index (χ2n) is 4.18. The number of halogens is 4. The highest BCUT2D eigenvalue weighted by Crippen LogP contribution is 2.23. The lowest BCUT2D eigenvalue weighted by Gasteiger charge is -2.09. The minimum absolute atomic E-state index is 0. The molecule has 0 amide bonds. The summed E-state index contributed by atoms with van der Waals surface area (Å²) in [5.74, 6) is 0.168. The van der Waals surface area contributed by atoms with Crippen molar-refractivity contribution in [2.45, 2.75) is 12.7 Å². The molecule has 7 heteroatoms. The van der Waals surface area contributed by atoms with Gasteiger partial charge in [0.05, 0.1) is 5.69 Å². The molecule has 0 fully saturated rings. The minimum atomic E-state index is -4.34. The maximum atomic E-state index is 12.0. The number of pyridine rings is 1. The van der Waals surface area contributed by atoms with Crippen molar-refractivity contribution in [2.24, 2.45) is 5.73 Å². The summed E-state index contributed by atoms with van der Waals surface area (Å²) in [4.78, 5) is 4.20. The van der Waals surface area contributed by atoms with Crippen LogP contribution in [-0.2, 0) is 6.54 Å². The van der Waals surface area contributed by atoms with Gasteiger partial charge in [-0.1, -0.05) is 0 Å². The lowest BCUT2D eigenvalue weighted by Crippen LogP contribution is -2.19. The van der Waals surface area contributed by atoms with Gasteiger partial charge in [0.1, 0.15) is 5.75 Å². The molecule has 3 nitrogen and oxygen atoms in total. The summed E-state index contributed by atoms with van der Waals surface area (Å²) in [6.07, 6.45) is -2.69. The molecule has 2 aromatic rings. The lowest BCUT2D eigenvalue weighted by molar-refractivity contribution is -0.153. The molecule has 0 aliphatic carbocycles. The molecule has 0 atom stereocenters. The summed E-state index contributed by atoms with van der Waals surface area (Å²) < 4.78 is 40.7. The van der Waals surface area contributed by atoms with E-state index in [1.807, 2.05) is 12.1 Å². The number of aromatic nitrogens is 1. The van der Waals surface area contributed by atoms with Crippen LogP contribution in [0.4, 0.5) is 13.2 Å². The quantitative estimate of drug-likeness (QED) is 0.937. The molecule has 0 aliphatic rings. The standard InChI is InChI=1S/C14H13F3N2O.ClH/c15-14(16,17)9-20-12-3-1-11(2-4-12)13-7-10(8-18)5-6-19-13;/h1-7H,8-9,18H2;1H. The molecule has 0 saturated carbocycles. The van der Waals surface area contributed by atoms with Crippen LogP contribution in [0.2, 0.25) is 0 Å². The van der Waals surface area contributed by atoms with Gasteiger partial charge < -0.3 is 10.5 Å². The maximum Gasteiger partial charge on any atom is 0.422 e. The molecular formula is C14H14ClF3N2O. The van der Waals surface area contributed by atoms with Crippen LogP contribution in [-0.4, -0.2) is 17.8 Å². The Kier molecular flexibility index (Phi) is 5.99. The first-order chi connectivity index (χ1) is 9.48. The summed E-state index contributed by atoms with van der Waals surface area (Å²) >= 11 is 0. The topological polar surface area (TPSA) is 48.1 Å². The number of hydrogen-bond acceptors (Lipinski definition) is 3. The number of alkyl halides is 3. The molecule has 0 unspecified atom stereocenters. The van der Waals surface area contributed by atoms with Crippen molar-refractivity contribution in [1.82, 2.24) is 4.98 Å². The van der Waals surface area contributed by atoms with E-state index in [1.165, 1.54) is 12.1 Å². The number of nitrogens with zero attached hydrogens (tertiary/aromatic N) is 1. The highest BCUT2D eigenvalue weighted by molar-refractivity contribution is 5.85. The molecule has 1 heterocycles. The fourth-order valence-corrected chi connectivity index (χ4v) is 1.65. The SMILES string of the molecule is Cl.NCc1ccnc(-c2ccc(OCC(F)(F)F)cc2)c1. The fourth-order valence-electron chi connectivity index (χ4n) is 1.65. The third-order valence-electron chi connectivity index (χ3n) is 2.61. The van der Waals surface area contributed by atoms with Crippen molar-refractivity contribution in [1.29, 1.82) is 0 Å². The molecule has 0 spiro atoms. The van der Waals surface area contributed by atoms with Gasteiger partial charge in [-0.15, -0.1) is 12.4 Å². The Morgan fingerprint density at radius 2 is 1.76 bits per heavy atom. The monoisotopic (exact) mass is 318 g/mol. The van der Waals surface area contributed by atoms with Gasteiger partial charge in [-0.2, -0.15) is 13.2 Å². The first kappa shape index (κ1) is 17.3. The Hall–Kier alpha value is -1.79. The summed E-state index contributed by atoms with van der Waals surface area (Å²) in [6, 6.07) is 9.94. The predicted octanol–water partition coefficient (Wildman–Crippen LogP) is 3.57. The molecule has 1 aromatic heterocycles. The smallest absolute Gasteiger partial charge is 0.422 e. The second-order valence-corrected chi connectivity index (χ2v) is 4.18. The number of rotatable bonds is 4. The Morgan fingerprint density at radius 1 is 1.10 bits per heavy atom. The predicted molar refractivity (Wildman–Crippen MR) is 76.4 cm³/mol. The Balaban J connectivity index is 0.00000220. The van der Waals surface area contributed by atoms with Crippen molar-refractivity contribution >= 4 is 12.4 Å². The van der Waals surface area contributed by atoms with E-state index in [0.29, 0.717) is 6.54 Å². The van der Waals surface area contributed by atoms with Crippen molar-refractivity contribution in [3.63, 3.8) is 0 Å². The Morgan fingerprint density at radius 3 is 2.33 bits per heavy atom. The van der Waals surface area contributed by atoms with E-state index in [9.17, 15) is 13.2 Å². The van der Waals surface area contributed by atoms with E-state index in [0.717, 1.165) is 16.8 Å². The van der Waals surface area contributed by atoms with E-state index < -0.39 is 12.8 Å². The van der Waals surface area contributed by atoms with Crippen LogP contribution < -0.4 is 10.5 Å². The number of benzene rings is 1. The largest absolute Gasteiger partial charge is 0.484 e. The number of hydrogen-bond donors (Lipinski definition) is 1. The minimum Gasteiger partial charge on any atom is -0.484 e. The van der Waals surface area contributed by atoms with Gasteiger partial charge in [0, 0.05) is 18.3 Å². The molecule has 0 bridgehead atoms. The van der Waals surface area contributed by atoms with E-state index in [2.05, 4.69) is 9.72 Å². The Labute approximate surface area is 126 Å². The molecule has 0 saturated heterocycles. The van der Waals surface area contributed by atoms with E-state index in [1.54, 1.807) is 18.3 Å². The van der Waals surface area contributed by atoms with Crippen LogP contribution in [0.3, 0.4) is 0 Å². The molecule has 21 heavy (non-hydrogen) atoms. The normalized spacial score (nSPS) is 10.9. The summed E-state index contributed by atoms with van der Waals surface area (Å²) in [6.45, 7) is -0.893. The molecular weight excluding hydrogens is 305 g/mol. The van der Waals surface area contributed by atoms with Gasteiger partial charge in [-0.25, -0.2) is 0 Å². The zero-order chi connectivity index (χ0) is 14.6. The zero-order valence-electron chi connectivity index (χ0n) is 10.9. The van der Waals surface area contributed by atoms with Gasteiger partial charge in [0.15, 0.2) is 6.61 Å². The fraction of sp³-hybridized carbons (Fsp3) is 0.214. The Bertz CT molecular complexity index is 573. The molecule has 114 valence electrons. The average molecular weight is 319 g/mol. The van der Waals surface area contributed by atoms with Crippen molar-refractivity contribution in [3.8, 4) is 17.0 Å². The summed E-state index contributed by atoms with van der Waals surface area (Å²) in [7, 11) is 0. The zero-order valence-corrected chi connectivity index (χ0v) is 11.7. The van der Waals surface area contributed by atoms with E-state index >= 15 is 0 Å². The van der Waals surface area contributed by atoms with Gasteiger partial charge in [-0.3, -0.25) is 4.98 Å². The van der Waals surface area contributed by atoms with Gasteiger partial charge in [0.2, 0.25) is 0 Å². The highest BCUT2D eigenvalue weighted by atomic mass is 35.5. The summed E-state index contributed by atoms with van der Waals surface area (Å²) in [5, 5.41) is 0. The number of nitrogens with two attached hydrogens (primary N) is 1. The van der Waals surface area contributed by atoms with Gasteiger partial charge >= 0.3 is 6.18 Å². The van der Waals surface area contributed by atoms with Gasteiger partial charge in [0.25, 0.3) is 0 Å². The van der Waals surface area contributed by atoms with Crippen LogP contribution in [0.5, 0.6) is 5.75 Å². The number of ether oxygens (including phenoxy) is 1.